The predicted molar refractivity (Wildman–Crippen MR) is 83.8 cm³/mol. The molecule has 1 amide bonds. The Balaban J connectivity index is 1.61. The van der Waals surface area contributed by atoms with Crippen molar-refractivity contribution in [1.29, 1.82) is 0 Å². The molecular weight excluding hydrogens is 270 g/mol. The molecule has 0 saturated carbocycles. The van der Waals surface area contributed by atoms with E-state index in [0.29, 0.717) is 18.2 Å². The number of amides is 1. The fourth-order valence-electron chi connectivity index (χ4n) is 2.51. The first kappa shape index (κ1) is 15.4. The number of thioether (sulfide) groups is 1. The van der Waals surface area contributed by atoms with Crippen molar-refractivity contribution in [3.05, 3.63) is 35.9 Å². The van der Waals surface area contributed by atoms with Gasteiger partial charge in [0.2, 0.25) is 5.91 Å². The number of carbonyl (C=O) groups excluding carboxylic acids is 1. The van der Waals surface area contributed by atoms with Gasteiger partial charge in [0.25, 0.3) is 0 Å². The maximum atomic E-state index is 12.1. The molecule has 0 N–H and O–H groups in total. The Kier molecular flexibility index (Phi) is 6.40. The zero-order valence-electron chi connectivity index (χ0n) is 12.1. The van der Waals surface area contributed by atoms with E-state index in [1.165, 1.54) is 5.56 Å². The Morgan fingerprint density at radius 3 is 2.95 bits per heavy atom. The topological polar surface area (TPSA) is 29.5 Å². The Hall–Kier alpha value is -1.00. The van der Waals surface area contributed by atoms with Crippen LogP contribution in [-0.4, -0.2) is 43.4 Å². The van der Waals surface area contributed by atoms with E-state index in [4.69, 9.17) is 4.74 Å². The first-order valence-electron chi connectivity index (χ1n) is 7.18. The first-order chi connectivity index (χ1) is 9.79. The minimum absolute atomic E-state index is 0.296. The normalized spacial score (nSPS) is 18.4. The summed E-state index contributed by atoms with van der Waals surface area (Å²) in [6.45, 7) is 2.54. The van der Waals surface area contributed by atoms with Crippen molar-refractivity contribution in [2.75, 3.05) is 32.6 Å². The third-order valence-corrected chi connectivity index (χ3v) is 4.64. The monoisotopic (exact) mass is 293 g/mol. The summed E-state index contributed by atoms with van der Waals surface area (Å²) in [6.07, 6.45) is 1.73. The minimum atomic E-state index is 0.296. The third kappa shape index (κ3) is 4.84. The molecule has 1 aliphatic rings. The SMILES string of the molecule is COC[C@H]1CCN(C(=O)CCSCc2ccccc2)C1. The Bertz CT molecular complexity index is 410. The number of carbonyl (C=O) groups is 1. The highest BCUT2D eigenvalue weighted by molar-refractivity contribution is 7.98. The molecule has 0 unspecified atom stereocenters. The molecule has 20 heavy (non-hydrogen) atoms. The molecule has 1 aromatic rings. The van der Waals surface area contributed by atoms with Crippen molar-refractivity contribution in [3.63, 3.8) is 0 Å². The molecule has 4 heteroatoms. The lowest BCUT2D eigenvalue weighted by atomic mass is 10.1. The van der Waals surface area contributed by atoms with Gasteiger partial charge in [0.05, 0.1) is 6.61 Å². The van der Waals surface area contributed by atoms with Gasteiger partial charge >= 0.3 is 0 Å². The third-order valence-electron chi connectivity index (χ3n) is 3.61. The zero-order chi connectivity index (χ0) is 14.2. The molecule has 0 aromatic heterocycles. The predicted octanol–water partition coefficient (Wildman–Crippen LogP) is 2.80. The van der Waals surface area contributed by atoms with E-state index in [0.717, 1.165) is 37.6 Å². The van der Waals surface area contributed by atoms with Crippen LogP contribution in [0.3, 0.4) is 0 Å². The number of benzene rings is 1. The van der Waals surface area contributed by atoms with Crippen LogP contribution in [0.15, 0.2) is 30.3 Å². The molecule has 0 bridgehead atoms. The molecule has 110 valence electrons. The van der Waals surface area contributed by atoms with Gasteiger partial charge in [-0.05, 0) is 12.0 Å². The molecule has 1 aliphatic heterocycles. The molecule has 0 radical (unpaired) electrons. The quantitative estimate of drug-likeness (QED) is 0.724. The maximum absolute atomic E-state index is 12.1. The molecule has 2 rings (SSSR count). The number of rotatable bonds is 7. The second-order valence-electron chi connectivity index (χ2n) is 5.24. The van der Waals surface area contributed by atoms with Gasteiger partial charge in [-0.3, -0.25) is 4.79 Å². The van der Waals surface area contributed by atoms with Crippen molar-refractivity contribution >= 4 is 17.7 Å². The van der Waals surface area contributed by atoms with Crippen LogP contribution >= 0.6 is 11.8 Å². The molecule has 1 atom stereocenters. The van der Waals surface area contributed by atoms with Gasteiger partial charge in [0.1, 0.15) is 0 Å². The van der Waals surface area contributed by atoms with E-state index in [2.05, 4.69) is 24.3 Å². The number of methoxy groups -OCH3 is 1. The van der Waals surface area contributed by atoms with Gasteiger partial charge in [0, 0.05) is 44.0 Å². The first-order valence-corrected chi connectivity index (χ1v) is 8.33. The van der Waals surface area contributed by atoms with Crippen LogP contribution in [0.25, 0.3) is 0 Å². The van der Waals surface area contributed by atoms with Gasteiger partial charge < -0.3 is 9.64 Å². The molecular formula is C16H23NO2S. The summed E-state index contributed by atoms with van der Waals surface area (Å²) in [6, 6.07) is 10.4. The average Bonchev–Trinajstić information content (AvgIpc) is 2.94. The molecule has 0 aliphatic carbocycles. The summed E-state index contributed by atoms with van der Waals surface area (Å²) in [5.41, 5.74) is 1.33. The van der Waals surface area contributed by atoms with Crippen LogP contribution in [0.4, 0.5) is 0 Å². The molecule has 0 spiro atoms. The molecule has 1 fully saturated rings. The summed E-state index contributed by atoms with van der Waals surface area (Å²) >= 11 is 1.83. The van der Waals surface area contributed by atoms with Gasteiger partial charge in [-0.15, -0.1) is 0 Å². The molecule has 3 nitrogen and oxygen atoms in total. The van der Waals surface area contributed by atoms with E-state index in [-0.39, 0.29) is 0 Å². The van der Waals surface area contributed by atoms with E-state index in [1.54, 1.807) is 7.11 Å². The second kappa shape index (κ2) is 8.32. The number of likely N-dealkylation sites (tertiary alicyclic amines) is 1. The van der Waals surface area contributed by atoms with Crippen molar-refractivity contribution in [1.82, 2.24) is 4.90 Å². The number of hydrogen-bond acceptors (Lipinski definition) is 3. The average molecular weight is 293 g/mol. The Morgan fingerprint density at radius 1 is 1.40 bits per heavy atom. The van der Waals surface area contributed by atoms with E-state index in [1.807, 2.05) is 22.7 Å². The summed E-state index contributed by atoms with van der Waals surface area (Å²) in [5, 5.41) is 0. The maximum Gasteiger partial charge on any atom is 0.223 e. The largest absolute Gasteiger partial charge is 0.384 e. The van der Waals surface area contributed by atoms with Gasteiger partial charge in [0.15, 0.2) is 0 Å². The van der Waals surface area contributed by atoms with Gasteiger partial charge in [-0.2, -0.15) is 11.8 Å². The van der Waals surface area contributed by atoms with Crippen LogP contribution in [0.5, 0.6) is 0 Å². The van der Waals surface area contributed by atoms with Crippen LogP contribution in [-0.2, 0) is 15.3 Å². The number of hydrogen-bond donors (Lipinski definition) is 0. The lowest BCUT2D eigenvalue weighted by Crippen LogP contribution is -2.29. The highest BCUT2D eigenvalue weighted by Crippen LogP contribution is 2.18. The Morgan fingerprint density at radius 2 is 2.20 bits per heavy atom. The molecule has 1 heterocycles. The van der Waals surface area contributed by atoms with E-state index >= 15 is 0 Å². The highest BCUT2D eigenvalue weighted by Gasteiger charge is 2.25. The zero-order valence-corrected chi connectivity index (χ0v) is 12.9. The van der Waals surface area contributed by atoms with Crippen molar-refractivity contribution in [2.45, 2.75) is 18.6 Å². The lowest BCUT2D eigenvalue weighted by Gasteiger charge is -2.16. The summed E-state index contributed by atoms with van der Waals surface area (Å²) in [4.78, 5) is 14.1. The lowest BCUT2D eigenvalue weighted by molar-refractivity contribution is -0.129. The molecule has 1 aromatic carbocycles. The number of ether oxygens (including phenoxy) is 1. The molecule has 1 saturated heterocycles. The highest BCUT2D eigenvalue weighted by atomic mass is 32.2. The smallest absolute Gasteiger partial charge is 0.223 e. The van der Waals surface area contributed by atoms with E-state index in [9.17, 15) is 4.79 Å². The van der Waals surface area contributed by atoms with Crippen LogP contribution in [0.1, 0.15) is 18.4 Å². The fraction of sp³-hybridized carbons (Fsp3) is 0.562. The van der Waals surface area contributed by atoms with Crippen LogP contribution in [0, 0.1) is 5.92 Å². The van der Waals surface area contributed by atoms with Gasteiger partial charge in [-0.25, -0.2) is 0 Å². The van der Waals surface area contributed by atoms with Crippen molar-refractivity contribution in [2.24, 2.45) is 5.92 Å². The minimum Gasteiger partial charge on any atom is -0.384 e. The van der Waals surface area contributed by atoms with Crippen molar-refractivity contribution in [3.8, 4) is 0 Å². The summed E-state index contributed by atoms with van der Waals surface area (Å²) in [7, 11) is 1.73. The standard InChI is InChI=1S/C16H23NO2S/c1-19-12-15-7-9-17(11-15)16(18)8-10-20-13-14-5-3-2-4-6-14/h2-6,15H,7-13H2,1H3/t15-/m0/s1. The fourth-order valence-corrected chi connectivity index (χ4v) is 3.40. The Labute approximate surface area is 125 Å². The second-order valence-corrected chi connectivity index (χ2v) is 6.34. The van der Waals surface area contributed by atoms with Crippen LogP contribution in [0.2, 0.25) is 0 Å². The van der Waals surface area contributed by atoms with Crippen LogP contribution < -0.4 is 0 Å². The number of nitrogens with zero attached hydrogens (tertiary/aromatic N) is 1. The van der Waals surface area contributed by atoms with Crippen molar-refractivity contribution < 1.29 is 9.53 Å². The van der Waals surface area contributed by atoms with Gasteiger partial charge in [-0.1, -0.05) is 30.3 Å². The summed E-state index contributed by atoms with van der Waals surface area (Å²) in [5.74, 6) is 2.71. The summed E-state index contributed by atoms with van der Waals surface area (Å²) < 4.78 is 5.16. The van der Waals surface area contributed by atoms with E-state index < -0.39 is 0 Å².